The van der Waals surface area contributed by atoms with Gasteiger partial charge >= 0.3 is 0 Å². The molecule has 5 nitrogen and oxygen atoms in total. The number of hydrogen-bond donors (Lipinski definition) is 1. The molecule has 156 valence electrons. The minimum absolute atomic E-state index is 0.00542. The summed E-state index contributed by atoms with van der Waals surface area (Å²) in [4.78, 5) is 40.8. The van der Waals surface area contributed by atoms with Crippen molar-refractivity contribution in [1.29, 1.82) is 0 Å². The first-order chi connectivity index (χ1) is 14.5. The van der Waals surface area contributed by atoms with Gasteiger partial charge in [0.05, 0.1) is 11.8 Å². The first kappa shape index (κ1) is 18.6. The zero-order chi connectivity index (χ0) is 20.6. The Labute approximate surface area is 180 Å². The Kier molecular flexibility index (Phi) is 4.14. The van der Waals surface area contributed by atoms with Crippen LogP contribution in [0.2, 0.25) is 5.02 Å². The lowest BCUT2D eigenvalue weighted by Gasteiger charge is -2.37. The summed E-state index contributed by atoms with van der Waals surface area (Å²) in [6.07, 6.45) is 8.44. The maximum absolute atomic E-state index is 13.3. The fourth-order valence-corrected chi connectivity index (χ4v) is 6.84. The van der Waals surface area contributed by atoms with E-state index in [1.54, 1.807) is 29.2 Å². The molecular weight excluding hydrogens is 400 g/mol. The fraction of sp³-hybridized carbons (Fsp3) is 0.542. The molecule has 7 rings (SSSR count). The van der Waals surface area contributed by atoms with Crippen molar-refractivity contribution in [3.8, 4) is 0 Å². The molecule has 0 aromatic heterocycles. The first-order valence-corrected chi connectivity index (χ1v) is 11.5. The van der Waals surface area contributed by atoms with E-state index in [-0.39, 0.29) is 53.4 Å². The number of nitrogens with zero attached hydrogens (tertiary/aromatic N) is 1. The smallest absolute Gasteiger partial charge is 0.233 e. The molecule has 30 heavy (non-hydrogen) atoms. The number of carbonyl (C=O) groups excluding carboxylic acids is 3. The van der Waals surface area contributed by atoms with Crippen molar-refractivity contribution in [2.75, 3.05) is 5.32 Å². The molecule has 1 aromatic rings. The van der Waals surface area contributed by atoms with E-state index < -0.39 is 0 Å². The number of likely N-dealkylation sites (tertiary alicyclic amines) is 1. The minimum Gasteiger partial charge on any atom is -0.326 e. The highest BCUT2D eigenvalue weighted by molar-refractivity contribution is 6.30. The largest absolute Gasteiger partial charge is 0.326 e. The quantitative estimate of drug-likeness (QED) is 0.591. The van der Waals surface area contributed by atoms with E-state index in [9.17, 15) is 14.4 Å². The van der Waals surface area contributed by atoms with Gasteiger partial charge in [-0.05, 0) is 80.0 Å². The third-order valence-electron chi connectivity index (χ3n) is 8.24. The lowest BCUT2D eigenvalue weighted by Crippen LogP contribution is -2.44. The monoisotopic (exact) mass is 424 g/mol. The number of anilines is 1. The molecule has 0 spiro atoms. The Morgan fingerprint density at radius 3 is 2.03 bits per heavy atom. The summed E-state index contributed by atoms with van der Waals surface area (Å²) in [5.41, 5.74) is 0.738. The Balaban J connectivity index is 1.11. The van der Waals surface area contributed by atoms with Gasteiger partial charge in [0, 0.05) is 22.7 Å². The van der Waals surface area contributed by atoms with Crippen molar-refractivity contribution in [1.82, 2.24) is 4.90 Å². The van der Waals surface area contributed by atoms with E-state index in [1.165, 1.54) is 6.42 Å². The summed E-state index contributed by atoms with van der Waals surface area (Å²) in [7, 11) is 0. The van der Waals surface area contributed by atoms with Gasteiger partial charge in [0.15, 0.2) is 0 Å². The van der Waals surface area contributed by atoms with Crippen LogP contribution in [0.5, 0.6) is 0 Å². The van der Waals surface area contributed by atoms with E-state index in [1.807, 2.05) is 0 Å². The van der Waals surface area contributed by atoms with Crippen molar-refractivity contribution in [3.05, 3.63) is 41.4 Å². The molecule has 5 aliphatic carbocycles. The van der Waals surface area contributed by atoms with Gasteiger partial charge in [-0.25, -0.2) is 0 Å². The predicted octanol–water partition coefficient (Wildman–Crippen LogP) is 3.89. The number of imide groups is 1. The third kappa shape index (κ3) is 2.71. The highest BCUT2D eigenvalue weighted by Gasteiger charge is 2.67. The second kappa shape index (κ2) is 6.68. The second-order valence-corrected chi connectivity index (χ2v) is 10.1. The number of hydrogen-bond acceptors (Lipinski definition) is 3. The Bertz CT molecular complexity index is 914. The van der Waals surface area contributed by atoms with E-state index in [2.05, 4.69) is 17.5 Å². The summed E-state index contributed by atoms with van der Waals surface area (Å²) in [5, 5.41) is 3.59. The lowest BCUT2D eigenvalue weighted by atomic mass is 9.63. The number of benzene rings is 1. The van der Waals surface area contributed by atoms with Gasteiger partial charge in [0.2, 0.25) is 17.7 Å². The molecule has 1 aliphatic heterocycles. The maximum atomic E-state index is 13.3. The number of rotatable bonds is 3. The summed E-state index contributed by atoms with van der Waals surface area (Å²) in [5.74, 6) is 1.59. The Hall–Kier alpha value is -2.14. The topological polar surface area (TPSA) is 66.5 Å². The normalized spacial score (nSPS) is 40.9. The Morgan fingerprint density at radius 1 is 0.900 bits per heavy atom. The molecule has 6 aliphatic rings. The molecule has 0 unspecified atom stereocenters. The van der Waals surface area contributed by atoms with Gasteiger partial charge in [-0.1, -0.05) is 23.8 Å². The van der Waals surface area contributed by atoms with Crippen molar-refractivity contribution in [3.63, 3.8) is 0 Å². The van der Waals surface area contributed by atoms with Crippen LogP contribution in [0, 0.1) is 41.4 Å². The summed E-state index contributed by atoms with van der Waals surface area (Å²) < 4.78 is 0. The van der Waals surface area contributed by atoms with Crippen LogP contribution in [0.3, 0.4) is 0 Å². The first-order valence-electron chi connectivity index (χ1n) is 11.1. The van der Waals surface area contributed by atoms with Gasteiger partial charge in [0.1, 0.15) is 0 Å². The summed E-state index contributed by atoms with van der Waals surface area (Å²) >= 11 is 5.90. The van der Waals surface area contributed by atoms with Gasteiger partial charge < -0.3 is 5.32 Å². The molecule has 3 saturated carbocycles. The van der Waals surface area contributed by atoms with Gasteiger partial charge in [0.25, 0.3) is 0 Å². The van der Waals surface area contributed by atoms with Crippen LogP contribution in [0.25, 0.3) is 0 Å². The standard InChI is InChI=1S/C24H25ClN2O3/c25-13-3-5-14(6-4-13)26-22(28)12-1-7-15(8-2-12)27-23(29)20-16-9-10-17(19-11-18(16)19)21(20)24(27)30/h3-6,9-10,12,15-21H,1-2,7-8,11H2,(H,26,28)/t12?,15?,16-,17-,18-,19-,20-,21+/m1/s1. The molecule has 6 heteroatoms. The van der Waals surface area contributed by atoms with Crippen LogP contribution < -0.4 is 5.32 Å². The molecule has 1 heterocycles. The number of nitrogens with one attached hydrogen (secondary N) is 1. The highest BCUT2D eigenvalue weighted by atomic mass is 35.5. The molecule has 1 saturated heterocycles. The summed E-state index contributed by atoms with van der Waals surface area (Å²) in [6.45, 7) is 0. The van der Waals surface area contributed by atoms with Crippen LogP contribution >= 0.6 is 11.6 Å². The zero-order valence-electron chi connectivity index (χ0n) is 16.7. The molecule has 0 radical (unpaired) electrons. The van der Waals surface area contributed by atoms with Crippen LogP contribution in [0.1, 0.15) is 32.1 Å². The van der Waals surface area contributed by atoms with Crippen molar-refractivity contribution in [2.24, 2.45) is 41.4 Å². The van der Waals surface area contributed by atoms with Crippen LogP contribution in [-0.2, 0) is 14.4 Å². The zero-order valence-corrected chi connectivity index (χ0v) is 17.4. The number of carbonyl (C=O) groups is 3. The number of amides is 3. The molecule has 4 fully saturated rings. The molecule has 1 N–H and O–H groups in total. The van der Waals surface area contributed by atoms with E-state index in [0.717, 1.165) is 5.69 Å². The number of allylic oxidation sites excluding steroid dienone is 2. The minimum atomic E-state index is -0.123. The highest BCUT2D eigenvalue weighted by Crippen LogP contribution is 2.65. The van der Waals surface area contributed by atoms with Crippen molar-refractivity contribution < 1.29 is 14.4 Å². The SMILES string of the molecule is O=C(Nc1ccc(Cl)cc1)C1CCC(N2C(=O)[C@@H]3[C@@H]4C=C[C@H]([C@H]5C[C@H]45)[C@@H]3C2=O)CC1. The Morgan fingerprint density at radius 2 is 1.47 bits per heavy atom. The van der Waals surface area contributed by atoms with Crippen LogP contribution in [-0.4, -0.2) is 28.7 Å². The average Bonchev–Trinajstić information content (AvgIpc) is 3.53. The van der Waals surface area contributed by atoms with E-state index in [0.29, 0.717) is 42.5 Å². The molecular formula is C24H25ClN2O3. The van der Waals surface area contributed by atoms with Gasteiger partial charge in [-0.2, -0.15) is 0 Å². The third-order valence-corrected chi connectivity index (χ3v) is 8.49. The predicted molar refractivity (Wildman–Crippen MR) is 112 cm³/mol. The lowest BCUT2D eigenvalue weighted by molar-refractivity contribution is -0.144. The molecule has 1 aromatic carbocycles. The van der Waals surface area contributed by atoms with E-state index >= 15 is 0 Å². The molecule has 3 amide bonds. The van der Waals surface area contributed by atoms with Crippen molar-refractivity contribution >= 4 is 35.0 Å². The summed E-state index contributed by atoms with van der Waals surface area (Å²) in [6, 6.07) is 7.05. The maximum Gasteiger partial charge on any atom is 0.233 e. The van der Waals surface area contributed by atoms with Gasteiger partial charge in [-0.3, -0.25) is 19.3 Å². The number of halogens is 1. The van der Waals surface area contributed by atoms with Crippen molar-refractivity contribution in [2.45, 2.75) is 38.1 Å². The van der Waals surface area contributed by atoms with Crippen LogP contribution in [0.4, 0.5) is 5.69 Å². The molecule has 2 bridgehead atoms. The van der Waals surface area contributed by atoms with Gasteiger partial charge in [-0.15, -0.1) is 0 Å². The average molecular weight is 425 g/mol. The fourth-order valence-electron chi connectivity index (χ4n) is 6.71. The molecule has 6 atom stereocenters. The second-order valence-electron chi connectivity index (χ2n) is 9.70. The van der Waals surface area contributed by atoms with Crippen LogP contribution in [0.15, 0.2) is 36.4 Å². The van der Waals surface area contributed by atoms with E-state index in [4.69, 9.17) is 11.6 Å².